The van der Waals surface area contributed by atoms with Crippen molar-refractivity contribution in [2.75, 3.05) is 5.32 Å². The Balaban J connectivity index is 1.32. The van der Waals surface area contributed by atoms with Gasteiger partial charge in [-0.2, -0.15) is 5.10 Å². The van der Waals surface area contributed by atoms with E-state index in [1.165, 1.54) is 12.1 Å². The standard InChI is InChI=1S/C27H28FN5O3S/c1-27(2,3)33-16-18(15-31-33)32-26(34)12-17-4-5-19(13-23(17)28)36-25-10-11-30-24-9-8-21(14-22(24)25)37(29,35)20-6-7-20/h4-5,8-11,13-16,20,29H,6-7,12H2,1-3H3,(H,32,34). The van der Waals surface area contributed by atoms with Crippen molar-refractivity contribution in [3.8, 4) is 11.5 Å². The first-order chi connectivity index (χ1) is 17.5. The van der Waals surface area contributed by atoms with Crippen molar-refractivity contribution in [3.05, 3.63) is 72.4 Å². The topological polar surface area (TPSA) is 110 Å². The fourth-order valence-corrected chi connectivity index (χ4v) is 5.71. The highest BCUT2D eigenvalue weighted by Crippen LogP contribution is 2.37. The van der Waals surface area contributed by atoms with E-state index in [4.69, 9.17) is 9.52 Å². The van der Waals surface area contributed by atoms with Crippen molar-refractivity contribution in [1.82, 2.24) is 14.8 Å². The average molecular weight is 522 g/mol. The summed E-state index contributed by atoms with van der Waals surface area (Å²) in [5, 5.41) is 7.48. The monoisotopic (exact) mass is 521 g/mol. The molecule has 2 aromatic heterocycles. The van der Waals surface area contributed by atoms with E-state index in [1.807, 2.05) is 20.8 Å². The van der Waals surface area contributed by atoms with Crippen molar-refractivity contribution >= 4 is 32.2 Å². The summed E-state index contributed by atoms with van der Waals surface area (Å²) < 4.78 is 43.8. The molecule has 1 amide bonds. The Hall–Kier alpha value is -3.79. The smallest absolute Gasteiger partial charge is 0.228 e. The van der Waals surface area contributed by atoms with E-state index in [-0.39, 0.29) is 34.4 Å². The number of fused-ring (bicyclic) bond motifs is 1. The predicted molar refractivity (Wildman–Crippen MR) is 140 cm³/mol. The number of nitrogens with one attached hydrogen (secondary N) is 2. The highest BCUT2D eigenvalue weighted by atomic mass is 32.2. The molecule has 2 aromatic carbocycles. The summed E-state index contributed by atoms with van der Waals surface area (Å²) in [6, 6.07) is 11.1. The van der Waals surface area contributed by atoms with E-state index in [2.05, 4.69) is 15.4 Å². The van der Waals surface area contributed by atoms with Gasteiger partial charge in [-0.1, -0.05) is 6.07 Å². The third-order valence-corrected chi connectivity index (χ3v) is 8.54. The van der Waals surface area contributed by atoms with Gasteiger partial charge in [-0.25, -0.2) is 13.4 Å². The van der Waals surface area contributed by atoms with Crippen LogP contribution >= 0.6 is 0 Å². The zero-order valence-corrected chi connectivity index (χ0v) is 21.6. The van der Waals surface area contributed by atoms with Gasteiger partial charge in [0.2, 0.25) is 5.91 Å². The average Bonchev–Trinajstić information content (AvgIpc) is 3.60. The normalized spacial score (nSPS) is 15.4. The zero-order valence-electron chi connectivity index (χ0n) is 20.8. The molecule has 1 unspecified atom stereocenters. The maximum absolute atomic E-state index is 14.9. The van der Waals surface area contributed by atoms with Gasteiger partial charge >= 0.3 is 0 Å². The summed E-state index contributed by atoms with van der Waals surface area (Å²) in [7, 11) is -2.89. The van der Waals surface area contributed by atoms with Crippen LogP contribution in [0.5, 0.6) is 11.5 Å². The second-order valence-corrected chi connectivity index (χ2v) is 12.6. The Bertz CT molecular complexity index is 1600. The van der Waals surface area contributed by atoms with Crippen LogP contribution in [0.1, 0.15) is 39.2 Å². The number of carbonyl (C=O) groups excluding carboxylic acids is 1. The molecule has 37 heavy (non-hydrogen) atoms. The number of benzene rings is 2. The second kappa shape index (κ2) is 9.26. The van der Waals surface area contributed by atoms with Gasteiger partial charge in [0.15, 0.2) is 0 Å². The highest BCUT2D eigenvalue weighted by Gasteiger charge is 2.34. The van der Waals surface area contributed by atoms with Gasteiger partial charge in [0.25, 0.3) is 0 Å². The lowest BCUT2D eigenvalue weighted by Crippen LogP contribution is -2.22. The Morgan fingerprint density at radius 3 is 2.68 bits per heavy atom. The Morgan fingerprint density at radius 1 is 1.22 bits per heavy atom. The number of pyridine rings is 1. The SMILES string of the molecule is CC(C)(C)n1cc(NC(=O)Cc2ccc(Oc3ccnc4ccc(S(=N)(=O)C5CC5)cc34)cc2F)cn1. The van der Waals surface area contributed by atoms with Crippen LogP contribution < -0.4 is 10.1 Å². The quantitative estimate of drug-likeness (QED) is 0.316. The van der Waals surface area contributed by atoms with Crippen molar-refractivity contribution < 1.29 is 18.1 Å². The van der Waals surface area contributed by atoms with E-state index >= 15 is 0 Å². The molecule has 2 heterocycles. The van der Waals surface area contributed by atoms with E-state index in [1.54, 1.807) is 53.6 Å². The summed E-state index contributed by atoms with van der Waals surface area (Å²) in [5.41, 5.74) is 1.18. The molecule has 0 bridgehead atoms. The Kier molecular flexibility index (Phi) is 6.23. The van der Waals surface area contributed by atoms with Crippen LogP contribution in [0, 0.1) is 10.6 Å². The lowest BCUT2D eigenvalue weighted by Gasteiger charge is -2.18. The minimum Gasteiger partial charge on any atom is -0.456 e. The minimum absolute atomic E-state index is 0.112. The molecule has 0 spiro atoms. The molecule has 1 aliphatic carbocycles. The van der Waals surface area contributed by atoms with Crippen LogP contribution in [0.15, 0.2) is 66.0 Å². The maximum atomic E-state index is 14.9. The highest BCUT2D eigenvalue weighted by molar-refractivity contribution is 7.93. The summed E-state index contributed by atoms with van der Waals surface area (Å²) >= 11 is 0. The van der Waals surface area contributed by atoms with Gasteiger partial charge in [0.05, 0.1) is 39.1 Å². The number of hydrogen-bond acceptors (Lipinski definition) is 6. The molecule has 0 saturated heterocycles. The molecule has 1 aliphatic rings. The fraction of sp³-hybridized carbons (Fsp3) is 0.296. The van der Waals surface area contributed by atoms with E-state index in [9.17, 15) is 13.4 Å². The fourth-order valence-electron chi connectivity index (χ4n) is 3.96. The molecule has 1 fully saturated rings. The third-order valence-electron chi connectivity index (χ3n) is 6.17. The molecular weight excluding hydrogens is 493 g/mol. The first-order valence-corrected chi connectivity index (χ1v) is 13.6. The number of anilines is 1. The molecule has 8 nitrogen and oxygen atoms in total. The lowest BCUT2D eigenvalue weighted by molar-refractivity contribution is -0.115. The molecule has 2 N–H and O–H groups in total. The molecule has 10 heteroatoms. The second-order valence-electron chi connectivity index (χ2n) is 10.2. The maximum Gasteiger partial charge on any atom is 0.228 e. The van der Waals surface area contributed by atoms with Crippen molar-refractivity contribution in [2.45, 2.75) is 55.7 Å². The molecule has 4 aromatic rings. The number of halogens is 1. The van der Waals surface area contributed by atoms with Crippen LogP contribution in [0.3, 0.4) is 0 Å². The van der Waals surface area contributed by atoms with Crippen LogP contribution in [-0.2, 0) is 26.5 Å². The van der Waals surface area contributed by atoms with Crippen LogP contribution in [-0.4, -0.2) is 30.1 Å². The number of hydrogen-bond donors (Lipinski definition) is 2. The molecule has 1 atom stereocenters. The van der Waals surface area contributed by atoms with E-state index in [0.29, 0.717) is 27.2 Å². The van der Waals surface area contributed by atoms with Crippen LogP contribution in [0.25, 0.3) is 10.9 Å². The molecule has 5 rings (SSSR count). The number of ether oxygens (including phenoxy) is 1. The van der Waals surface area contributed by atoms with Gasteiger partial charge in [-0.15, -0.1) is 0 Å². The number of nitrogens with zero attached hydrogens (tertiary/aromatic N) is 3. The van der Waals surface area contributed by atoms with Gasteiger partial charge in [0, 0.05) is 34.0 Å². The van der Waals surface area contributed by atoms with Crippen molar-refractivity contribution in [2.24, 2.45) is 0 Å². The molecule has 192 valence electrons. The third kappa shape index (κ3) is 5.34. The number of aromatic nitrogens is 3. The first kappa shape index (κ1) is 24.9. The predicted octanol–water partition coefficient (Wildman–Crippen LogP) is 5.87. The molecule has 0 radical (unpaired) electrons. The molecule has 0 aliphatic heterocycles. The van der Waals surface area contributed by atoms with Gasteiger partial charge in [0.1, 0.15) is 17.3 Å². The van der Waals surface area contributed by atoms with E-state index < -0.39 is 15.5 Å². The van der Waals surface area contributed by atoms with Gasteiger partial charge in [-0.3, -0.25) is 14.5 Å². The molecule has 1 saturated carbocycles. The lowest BCUT2D eigenvalue weighted by atomic mass is 10.1. The Labute approximate surface area is 214 Å². The van der Waals surface area contributed by atoms with Crippen LogP contribution in [0.4, 0.5) is 10.1 Å². The Morgan fingerprint density at radius 2 is 2.00 bits per heavy atom. The minimum atomic E-state index is -2.89. The summed E-state index contributed by atoms with van der Waals surface area (Å²) in [4.78, 5) is 17.3. The summed E-state index contributed by atoms with van der Waals surface area (Å²) in [6.45, 7) is 6.00. The largest absolute Gasteiger partial charge is 0.456 e. The van der Waals surface area contributed by atoms with Gasteiger partial charge < -0.3 is 10.1 Å². The number of rotatable bonds is 7. The van der Waals surface area contributed by atoms with Crippen molar-refractivity contribution in [3.63, 3.8) is 0 Å². The zero-order chi connectivity index (χ0) is 26.4. The van der Waals surface area contributed by atoms with E-state index in [0.717, 1.165) is 12.8 Å². The van der Waals surface area contributed by atoms with Gasteiger partial charge in [-0.05, 0) is 69.5 Å². The number of amides is 1. The molecular formula is C27H28FN5O3S. The first-order valence-electron chi connectivity index (χ1n) is 12.0. The summed E-state index contributed by atoms with van der Waals surface area (Å²) in [6.07, 6.45) is 6.31. The van der Waals surface area contributed by atoms with Crippen LogP contribution in [0.2, 0.25) is 0 Å². The number of carbonyl (C=O) groups is 1. The summed E-state index contributed by atoms with van der Waals surface area (Å²) in [5.74, 6) is -0.262. The van der Waals surface area contributed by atoms with Crippen molar-refractivity contribution in [1.29, 1.82) is 4.78 Å².